The normalized spacial score (nSPS) is 16.7. The second-order valence-electron chi connectivity index (χ2n) is 5.22. The first kappa shape index (κ1) is 15.5. The highest BCUT2D eigenvalue weighted by atomic mass is 16.6. The molecular formula is C13H22N6O2. The zero-order valence-electron chi connectivity index (χ0n) is 12.5. The van der Waals surface area contributed by atoms with Gasteiger partial charge in [-0.15, -0.1) is 0 Å². The molecule has 0 bridgehead atoms. The Morgan fingerprint density at radius 1 is 1.52 bits per heavy atom. The van der Waals surface area contributed by atoms with Crippen molar-refractivity contribution in [3.8, 4) is 0 Å². The molecule has 1 aliphatic heterocycles. The number of anilines is 2. The summed E-state index contributed by atoms with van der Waals surface area (Å²) in [5.74, 6) is 6.14. The molecule has 1 saturated heterocycles. The third-order valence-corrected chi connectivity index (χ3v) is 4.09. The van der Waals surface area contributed by atoms with Gasteiger partial charge < -0.3 is 15.2 Å². The maximum Gasteiger partial charge on any atom is 0.311 e. The number of nitrogen functional groups attached to an aromatic ring is 1. The van der Waals surface area contributed by atoms with Crippen LogP contribution in [0, 0.1) is 10.1 Å². The fourth-order valence-corrected chi connectivity index (χ4v) is 2.72. The minimum Gasteiger partial charge on any atom is -0.351 e. The number of rotatable bonds is 5. The van der Waals surface area contributed by atoms with Gasteiger partial charge in [-0.25, -0.2) is 10.8 Å². The van der Waals surface area contributed by atoms with Crippen LogP contribution >= 0.6 is 0 Å². The van der Waals surface area contributed by atoms with Crippen LogP contribution in [-0.2, 0) is 0 Å². The summed E-state index contributed by atoms with van der Waals surface area (Å²) in [4.78, 5) is 19.3. The molecule has 0 radical (unpaired) electrons. The van der Waals surface area contributed by atoms with Crippen LogP contribution < -0.4 is 16.2 Å². The first-order valence-corrected chi connectivity index (χ1v) is 7.14. The molecule has 21 heavy (non-hydrogen) atoms. The number of nitrogens with one attached hydrogen (secondary N) is 1. The third kappa shape index (κ3) is 3.40. The number of piperidine rings is 1. The van der Waals surface area contributed by atoms with E-state index >= 15 is 0 Å². The molecule has 0 aliphatic carbocycles. The first-order valence-electron chi connectivity index (χ1n) is 7.14. The summed E-state index contributed by atoms with van der Waals surface area (Å²) in [6.45, 7) is 5.20. The Morgan fingerprint density at radius 3 is 2.71 bits per heavy atom. The monoisotopic (exact) mass is 294 g/mol. The summed E-state index contributed by atoms with van der Waals surface area (Å²) >= 11 is 0. The molecule has 8 heteroatoms. The Balaban J connectivity index is 2.21. The lowest BCUT2D eigenvalue weighted by Crippen LogP contribution is -2.43. The molecule has 116 valence electrons. The quantitative estimate of drug-likeness (QED) is 0.478. The van der Waals surface area contributed by atoms with Gasteiger partial charge in [0.2, 0.25) is 5.82 Å². The van der Waals surface area contributed by atoms with Gasteiger partial charge in [-0.3, -0.25) is 10.1 Å². The average Bonchev–Trinajstić information content (AvgIpc) is 2.53. The van der Waals surface area contributed by atoms with E-state index in [0.717, 1.165) is 32.5 Å². The molecule has 1 aromatic rings. The molecule has 0 aromatic carbocycles. The van der Waals surface area contributed by atoms with Crippen LogP contribution in [0.5, 0.6) is 0 Å². The molecule has 2 rings (SSSR count). The van der Waals surface area contributed by atoms with Crippen molar-refractivity contribution in [2.24, 2.45) is 5.84 Å². The van der Waals surface area contributed by atoms with Crippen LogP contribution in [0.25, 0.3) is 0 Å². The van der Waals surface area contributed by atoms with Crippen molar-refractivity contribution in [2.45, 2.75) is 25.8 Å². The number of aromatic nitrogens is 1. The van der Waals surface area contributed by atoms with Crippen molar-refractivity contribution in [1.82, 2.24) is 9.88 Å². The van der Waals surface area contributed by atoms with Crippen LogP contribution in [0.15, 0.2) is 12.1 Å². The van der Waals surface area contributed by atoms with Gasteiger partial charge in [0, 0.05) is 32.2 Å². The van der Waals surface area contributed by atoms with Gasteiger partial charge in [-0.2, -0.15) is 0 Å². The molecule has 1 fully saturated rings. The van der Waals surface area contributed by atoms with Gasteiger partial charge in [-0.05, 0) is 25.5 Å². The molecule has 0 saturated carbocycles. The van der Waals surface area contributed by atoms with Crippen LogP contribution in [0.1, 0.15) is 19.8 Å². The van der Waals surface area contributed by atoms with E-state index in [1.165, 1.54) is 12.1 Å². The second kappa shape index (κ2) is 6.68. The zero-order chi connectivity index (χ0) is 15.4. The van der Waals surface area contributed by atoms with E-state index in [0.29, 0.717) is 11.6 Å². The van der Waals surface area contributed by atoms with Crippen molar-refractivity contribution < 1.29 is 4.92 Å². The Hall–Kier alpha value is -1.93. The standard InChI is InChI=1S/C13H22N6O2/c1-3-18-8-6-10(7-9-18)17(2)13-11(19(20)21)4-5-12(15-13)16-14/h4-5,10H,3,6-9,14H2,1-2H3,(H,15,16). The van der Waals surface area contributed by atoms with Crippen molar-refractivity contribution in [1.29, 1.82) is 0 Å². The molecule has 0 spiro atoms. The topological polar surface area (TPSA) is 101 Å². The van der Waals surface area contributed by atoms with Crippen LogP contribution in [0.2, 0.25) is 0 Å². The summed E-state index contributed by atoms with van der Waals surface area (Å²) < 4.78 is 0. The number of hydrogen-bond donors (Lipinski definition) is 2. The highest BCUT2D eigenvalue weighted by molar-refractivity contribution is 5.61. The molecule has 1 aliphatic rings. The molecular weight excluding hydrogens is 272 g/mol. The molecule has 2 heterocycles. The van der Waals surface area contributed by atoms with Crippen LogP contribution in [0.3, 0.4) is 0 Å². The lowest BCUT2D eigenvalue weighted by molar-refractivity contribution is -0.384. The highest BCUT2D eigenvalue weighted by Gasteiger charge is 2.27. The van der Waals surface area contributed by atoms with Crippen LogP contribution in [-0.4, -0.2) is 47.5 Å². The largest absolute Gasteiger partial charge is 0.351 e. The van der Waals surface area contributed by atoms with E-state index in [2.05, 4.69) is 22.2 Å². The predicted octanol–water partition coefficient (Wildman–Crippen LogP) is 1.20. The van der Waals surface area contributed by atoms with E-state index in [1.807, 2.05) is 11.9 Å². The van der Waals surface area contributed by atoms with Gasteiger partial charge in [-0.1, -0.05) is 6.92 Å². The minimum absolute atomic E-state index is 0.00872. The Kier molecular flexibility index (Phi) is 4.92. The lowest BCUT2D eigenvalue weighted by atomic mass is 10.0. The van der Waals surface area contributed by atoms with Gasteiger partial charge in [0.05, 0.1) is 4.92 Å². The molecule has 1 aromatic heterocycles. The van der Waals surface area contributed by atoms with Crippen LogP contribution in [0.4, 0.5) is 17.3 Å². The number of nitrogens with two attached hydrogens (primary N) is 1. The van der Waals surface area contributed by atoms with Gasteiger partial charge in [0.1, 0.15) is 5.82 Å². The van der Waals surface area contributed by atoms with E-state index in [9.17, 15) is 10.1 Å². The number of hydrogen-bond acceptors (Lipinski definition) is 7. The fourth-order valence-electron chi connectivity index (χ4n) is 2.72. The highest BCUT2D eigenvalue weighted by Crippen LogP contribution is 2.30. The summed E-state index contributed by atoms with van der Waals surface area (Å²) in [5.41, 5.74) is 2.45. The summed E-state index contributed by atoms with van der Waals surface area (Å²) in [6, 6.07) is 3.21. The Morgan fingerprint density at radius 2 is 2.19 bits per heavy atom. The minimum atomic E-state index is -0.402. The van der Waals surface area contributed by atoms with Gasteiger partial charge in [0.15, 0.2) is 0 Å². The fraction of sp³-hybridized carbons (Fsp3) is 0.615. The summed E-state index contributed by atoms with van der Waals surface area (Å²) in [5, 5.41) is 11.2. The van der Waals surface area contributed by atoms with Gasteiger partial charge in [0.25, 0.3) is 0 Å². The predicted molar refractivity (Wildman–Crippen MR) is 82.2 cm³/mol. The van der Waals surface area contributed by atoms with E-state index < -0.39 is 4.92 Å². The molecule has 8 nitrogen and oxygen atoms in total. The summed E-state index contributed by atoms with van der Waals surface area (Å²) in [6.07, 6.45) is 1.95. The van der Waals surface area contributed by atoms with Crippen molar-refractivity contribution in [3.05, 3.63) is 22.2 Å². The maximum atomic E-state index is 11.2. The maximum absolute atomic E-state index is 11.2. The third-order valence-electron chi connectivity index (χ3n) is 4.09. The SMILES string of the molecule is CCN1CCC(N(C)c2nc(NN)ccc2[N+](=O)[O-])CC1. The van der Waals surface area contributed by atoms with Gasteiger partial charge >= 0.3 is 5.69 Å². The molecule has 0 atom stereocenters. The average molecular weight is 294 g/mol. The second-order valence-corrected chi connectivity index (χ2v) is 5.22. The van der Waals surface area contributed by atoms with E-state index in [1.54, 1.807) is 0 Å². The smallest absolute Gasteiger partial charge is 0.311 e. The van der Waals surface area contributed by atoms with Crippen molar-refractivity contribution in [2.75, 3.05) is 37.0 Å². The number of hydrazine groups is 1. The first-order chi connectivity index (χ1) is 10.1. The van der Waals surface area contributed by atoms with E-state index in [4.69, 9.17) is 5.84 Å². The van der Waals surface area contributed by atoms with Crippen molar-refractivity contribution in [3.63, 3.8) is 0 Å². The molecule has 0 unspecified atom stereocenters. The number of nitrogens with zero attached hydrogens (tertiary/aromatic N) is 4. The summed E-state index contributed by atoms with van der Waals surface area (Å²) in [7, 11) is 1.86. The number of likely N-dealkylation sites (tertiary alicyclic amines) is 1. The van der Waals surface area contributed by atoms with E-state index in [-0.39, 0.29) is 11.7 Å². The molecule has 0 amide bonds. The number of pyridine rings is 1. The van der Waals surface area contributed by atoms with Crippen molar-refractivity contribution >= 4 is 17.3 Å². The Labute approximate surface area is 124 Å². The molecule has 3 N–H and O–H groups in total. The zero-order valence-corrected chi connectivity index (χ0v) is 12.5. The lowest BCUT2D eigenvalue weighted by Gasteiger charge is -2.36. The number of nitro groups is 1. The Bertz CT molecular complexity index is 501.